The van der Waals surface area contributed by atoms with Gasteiger partial charge in [-0.05, 0) is 56.8 Å². The summed E-state index contributed by atoms with van der Waals surface area (Å²) >= 11 is 0. The number of nitrogens with one attached hydrogen (secondary N) is 2. The van der Waals surface area contributed by atoms with Crippen LogP contribution in [0.5, 0.6) is 0 Å². The standard InChI is InChI=1S/C19H27N3O2/c1-2-17-8-3-4-11-22(17)13-18(23)20-16-7-5-6-14(12-16)19(24)21-15-9-10-15/h5-7,12,15,17H,2-4,8-11,13H2,1H3,(H,20,23)(H,21,24)/t17-/m1/s1. The van der Waals surface area contributed by atoms with Crippen molar-refractivity contribution < 1.29 is 9.59 Å². The lowest BCUT2D eigenvalue weighted by Gasteiger charge is -2.34. The second-order valence-corrected chi connectivity index (χ2v) is 6.91. The Labute approximate surface area is 143 Å². The van der Waals surface area contributed by atoms with E-state index in [1.54, 1.807) is 12.1 Å². The van der Waals surface area contributed by atoms with E-state index in [0.29, 0.717) is 29.9 Å². The Hall–Kier alpha value is -1.88. The maximum absolute atomic E-state index is 12.4. The summed E-state index contributed by atoms with van der Waals surface area (Å²) in [6, 6.07) is 8.03. The van der Waals surface area contributed by atoms with Gasteiger partial charge in [0, 0.05) is 23.3 Å². The smallest absolute Gasteiger partial charge is 0.251 e. The van der Waals surface area contributed by atoms with Gasteiger partial charge in [-0.2, -0.15) is 0 Å². The highest BCUT2D eigenvalue weighted by atomic mass is 16.2. The summed E-state index contributed by atoms with van der Waals surface area (Å²) in [4.78, 5) is 26.7. The van der Waals surface area contributed by atoms with Gasteiger partial charge in [0.05, 0.1) is 6.54 Å². The molecule has 1 aliphatic heterocycles. The minimum absolute atomic E-state index is 0.00454. The van der Waals surface area contributed by atoms with Gasteiger partial charge in [-0.15, -0.1) is 0 Å². The van der Waals surface area contributed by atoms with Gasteiger partial charge in [0.1, 0.15) is 0 Å². The fourth-order valence-electron chi connectivity index (χ4n) is 3.35. The molecule has 0 bridgehead atoms. The maximum Gasteiger partial charge on any atom is 0.251 e. The molecule has 5 nitrogen and oxygen atoms in total. The van der Waals surface area contributed by atoms with E-state index in [4.69, 9.17) is 0 Å². The monoisotopic (exact) mass is 329 g/mol. The molecule has 2 amide bonds. The van der Waals surface area contributed by atoms with Crippen molar-refractivity contribution in [3.63, 3.8) is 0 Å². The molecule has 1 atom stereocenters. The molecule has 1 saturated heterocycles. The molecule has 1 aromatic rings. The van der Waals surface area contributed by atoms with Crippen LogP contribution in [0.4, 0.5) is 5.69 Å². The Balaban J connectivity index is 1.56. The summed E-state index contributed by atoms with van der Waals surface area (Å²) in [6.45, 7) is 3.61. The Kier molecular flexibility index (Phi) is 5.51. The molecule has 0 spiro atoms. The first-order valence-electron chi connectivity index (χ1n) is 9.10. The highest BCUT2D eigenvalue weighted by molar-refractivity contribution is 5.97. The molecule has 130 valence electrons. The molecule has 1 aromatic carbocycles. The predicted molar refractivity (Wildman–Crippen MR) is 95.1 cm³/mol. The number of piperidine rings is 1. The average molecular weight is 329 g/mol. The van der Waals surface area contributed by atoms with Gasteiger partial charge in [0.15, 0.2) is 0 Å². The SMILES string of the molecule is CC[C@@H]1CCCCN1CC(=O)Nc1cccc(C(=O)NC2CC2)c1. The molecular weight excluding hydrogens is 302 g/mol. The van der Waals surface area contributed by atoms with Crippen molar-refractivity contribution in [2.75, 3.05) is 18.4 Å². The topological polar surface area (TPSA) is 61.4 Å². The molecule has 0 radical (unpaired) electrons. The third kappa shape index (κ3) is 4.57. The van der Waals surface area contributed by atoms with Crippen LogP contribution in [0.3, 0.4) is 0 Å². The Morgan fingerprint density at radius 3 is 2.79 bits per heavy atom. The van der Waals surface area contributed by atoms with Crippen molar-refractivity contribution in [3.8, 4) is 0 Å². The first-order valence-corrected chi connectivity index (χ1v) is 9.10. The third-order valence-corrected chi connectivity index (χ3v) is 4.89. The van der Waals surface area contributed by atoms with Gasteiger partial charge in [0.25, 0.3) is 5.91 Å². The number of hydrogen-bond donors (Lipinski definition) is 2. The highest BCUT2D eigenvalue weighted by Gasteiger charge is 2.24. The molecule has 2 N–H and O–H groups in total. The van der Waals surface area contributed by atoms with E-state index >= 15 is 0 Å². The number of anilines is 1. The van der Waals surface area contributed by atoms with E-state index in [9.17, 15) is 9.59 Å². The summed E-state index contributed by atoms with van der Waals surface area (Å²) in [5.41, 5.74) is 1.29. The van der Waals surface area contributed by atoms with Crippen LogP contribution in [-0.4, -0.2) is 41.9 Å². The van der Waals surface area contributed by atoms with E-state index in [2.05, 4.69) is 22.5 Å². The summed E-state index contributed by atoms with van der Waals surface area (Å²) < 4.78 is 0. The second kappa shape index (κ2) is 7.79. The number of benzene rings is 1. The molecule has 1 heterocycles. The van der Waals surface area contributed by atoms with Crippen LogP contribution in [0.15, 0.2) is 24.3 Å². The van der Waals surface area contributed by atoms with Crippen LogP contribution in [0, 0.1) is 0 Å². The Morgan fingerprint density at radius 1 is 1.21 bits per heavy atom. The van der Waals surface area contributed by atoms with Gasteiger partial charge in [-0.25, -0.2) is 0 Å². The zero-order chi connectivity index (χ0) is 16.9. The summed E-state index contributed by atoms with van der Waals surface area (Å²) in [5.74, 6) is -0.0641. The molecular formula is C19H27N3O2. The van der Waals surface area contributed by atoms with Gasteiger partial charge in [-0.1, -0.05) is 19.4 Å². The van der Waals surface area contributed by atoms with Crippen LogP contribution in [0.2, 0.25) is 0 Å². The molecule has 5 heteroatoms. The van der Waals surface area contributed by atoms with Crippen LogP contribution in [0.25, 0.3) is 0 Å². The van der Waals surface area contributed by atoms with Crippen molar-refractivity contribution >= 4 is 17.5 Å². The largest absolute Gasteiger partial charge is 0.349 e. The van der Waals surface area contributed by atoms with Gasteiger partial charge >= 0.3 is 0 Å². The molecule has 24 heavy (non-hydrogen) atoms. The molecule has 0 unspecified atom stereocenters. The van der Waals surface area contributed by atoms with Crippen LogP contribution in [-0.2, 0) is 4.79 Å². The normalized spacial score (nSPS) is 21.3. The van der Waals surface area contributed by atoms with Crippen molar-refractivity contribution in [2.24, 2.45) is 0 Å². The van der Waals surface area contributed by atoms with Crippen LogP contribution in [0.1, 0.15) is 55.8 Å². The minimum atomic E-state index is -0.0596. The Bertz CT molecular complexity index is 598. The lowest BCUT2D eigenvalue weighted by Crippen LogP contribution is -2.43. The molecule has 0 aromatic heterocycles. The number of carbonyl (C=O) groups is 2. The zero-order valence-corrected chi connectivity index (χ0v) is 14.4. The van der Waals surface area contributed by atoms with Crippen LogP contribution < -0.4 is 10.6 Å². The first-order chi connectivity index (χ1) is 11.7. The average Bonchev–Trinajstić information content (AvgIpc) is 3.39. The number of amides is 2. The van der Waals surface area contributed by atoms with Crippen molar-refractivity contribution in [3.05, 3.63) is 29.8 Å². The van der Waals surface area contributed by atoms with E-state index in [1.807, 2.05) is 12.1 Å². The van der Waals surface area contributed by atoms with E-state index in [-0.39, 0.29) is 11.8 Å². The molecule has 2 aliphatic rings. The molecule has 1 aliphatic carbocycles. The van der Waals surface area contributed by atoms with Crippen molar-refractivity contribution in [1.29, 1.82) is 0 Å². The summed E-state index contributed by atoms with van der Waals surface area (Å²) in [6.07, 6.45) is 6.83. The number of carbonyl (C=O) groups excluding carboxylic acids is 2. The minimum Gasteiger partial charge on any atom is -0.349 e. The summed E-state index contributed by atoms with van der Waals surface area (Å²) in [5, 5.41) is 5.91. The van der Waals surface area contributed by atoms with Gasteiger partial charge in [-0.3, -0.25) is 14.5 Å². The number of hydrogen-bond acceptors (Lipinski definition) is 3. The summed E-state index contributed by atoms with van der Waals surface area (Å²) in [7, 11) is 0. The lowest BCUT2D eigenvalue weighted by molar-refractivity contribution is -0.118. The molecule has 1 saturated carbocycles. The van der Waals surface area contributed by atoms with E-state index < -0.39 is 0 Å². The van der Waals surface area contributed by atoms with Crippen LogP contribution >= 0.6 is 0 Å². The van der Waals surface area contributed by atoms with Gasteiger partial charge in [0.2, 0.25) is 5.91 Å². The third-order valence-electron chi connectivity index (χ3n) is 4.89. The van der Waals surface area contributed by atoms with Gasteiger partial charge < -0.3 is 10.6 Å². The quantitative estimate of drug-likeness (QED) is 0.843. The number of likely N-dealkylation sites (tertiary alicyclic amines) is 1. The van der Waals surface area contributed by atoms with Crippen molar-refractivity contribution in [1.82, 2.24) is 10.2 Å². The fraction of sp³-hybridized carbons (Fsp3) is 0.579. The predicted octanol–water partition coefficient (Wildman–Crippen LogP) is 2.78. The first kappa shape index (κ1) is 17.0. The molecule has 3 rings (SSSR count). The zero-order valence-electron chi connectivity index (χ0n) is 14.4. The fourth-order valence-corrected chi connectivity index (χ4v) is 3.35. The van der Waals surface area contributed by atoms with E-state index in [0.717, 1.165) is 25.8 Å². The Morgan fingerprint density at radius 2 is 2.04 bits per heavy atom. The van der Waals surface area contributed by atoms with E-state index in [1.165, 1.54) is 19.3 Å². The number of rotatable bonds is 6. The number of nitrogens with zero attached hydrogens (tertiary/aromatic N) is 1. The maximum atomic E-state index is 12.4. The second-order valence-electron chi connectivity index (χ2n) is 6.91. The molecule has 2 fully saturated rings. The van der Waals surface area contributed by atoms with Crippen molar-refractivity contribution in [2.45, 2.75) is 57.5 Å². The highest BCUT2D eigenvalue weighted by Crippen LogP contribution is 2.21. The lowest BCUT2D eigenvalue weighted by atomic mass is 10.00.